The highest BCUT2D eigenvalue weighted by Crippen LogP contribution is 2.18. The summed E-state index contributed by atoms with van der Waals surface area (Å²) in [5.41, 5.74) is 6.28. The van der Waals surface area contributed by atoms with Crippen LogP contribution in [0.1, 0.15) is 20.8 Å². The molecule has 0 saturated heterocycles. The normalized spacial score (nSPS) is 12.7. The van der Waals surface area contributed by atoms with Gasteiger partial charge in [-0.1, -0.05) is 39.0 Å². The number of nitrogens with two attached hydrogens (primary N) is 1. The van der Waals surface area contributed by atoms with E-state index in [1.54, 1.807) is 19.2 Å². The standard InChI is InChI=1S/C15H23N3O2/c1-15(2,3)13(16)14(20)18(4)10-12(19)17-11-8-6-5-7-9-11/h5-9,13H,10,16H2,1-4H3,(H,17,19)/t13-/m0/s1. The Morgan fingerprint density at radius 1 is 1.25 bits per heavy atom. The maximum Gasteiger partial charge on any atom is 0.243 e. The van der Waals surface area contributed by atoms with Crippen molar-refractivity contribution in [3.63, 3.8) is 0 Å². The lowest BCUT2D eigenvalue weighted by molar-refractivity contribution is -0.136. The fourth-order valence-electron chi connectivity index (χ4n) is 1.62. The van der Waals surface area contributed by atoms with E-state index in [1.165, 1.54) is 4.90 Å². The van der Waals surface area contributed by atoms with Crippen LogP contribution in [0.2, 0.25) is 0 Å². The van der Waals surface area contributed by atoms with Crippen LogP contribution in [-0.4, -0.2) is 36.3 Å². The fourth-order valence-corrected chi connectivity index (χ4v) is 1.62. The van der Waals surface area contributed by atoms with Crippen LogP contribution in [-0.2, 0) is 9.59 Å². The number of nitrogens with one attached hydrogen (secondary N) is 1. The van der Waals surface area contributed by atoms with Crippen LogP contribution in [0.25, 0.3) is 0 Å². The van der Waals surface area contributed by atoms with Crippen LogP contribution in [0, 0.1) is 5.41 Å². The Morgan fingerprint density at radius 3 is 2.30 bits per heavy atom. The van der Waals surface area contributed by atoms with Crippen molar-refractivity contribution in [2.45, 2.75) is 26.8 Å². The van der Waals surface area contributed by atoms with Gasteiger partial charge in [0.1, 0.15) is 0 Å². The molecule has 0 bridgehead atoms. The minimum absolute atomic E-state index is 0.0164. The predicted molar refractivity (Wildman–Crippen MR) is 80.1 cm³/mol. The molecule has 0 aliphatic rings. The molecule has 0 fully saturated rings. The molecule has 1 aromatic rings. The van der Waals surface area contributed by atoms with E-state index in [1.807, 2.05) is 39.0 Å². The molecule has 3 N–H and O–H groups in total. The van der Waals surface area contributed by atoms with Crippen LogP contribution < -0.4 is 11.1 Å². The number of carbonyl (C=O) groups excluding carboxylic acids is 2. The number of nitrogens with zero attached hydrogens (tertiary/aromatic N) is 1. The van der Waals surface area contributed by atoms with Crippen molar-refractivity contribution in [2.75, 3.05) is 18.9 Å². The summed E-state index contributed by atoms with van der Waals surface area (Å²) in [5.74, 6) is -0.478. The van der Waals surface area contributed by atoms with Gasteiger partial charge in [0, 0.05) is 12.7 Å². The van der Waals surface area contributed by atoms with Gasteiger partial charge in [0.25, 0.3) is 0 Å². The molecular formula is C15H23N3O2. The van der Waals surface area contributed by atoms with Crippen LogP contribution in [0.5, 0.6) is 0 Å². The second-order valence-electron chi connectivity index (χ2n) is 5.95. The predicted octanol–water partition coefficient (Wildman–Crippen LogP) is 1.46. The van der Waals surface area contributed by atoms with E-state index in [9.17, 15) is 9.59 Å². The Balaban J connectivity index is 2.56. The van der Waals surface area contributed by atoms with Gasteiger partial charge in [-0.25, -0.2) is 0 Å². The number of amides is 2. The molecule has 1 aromatic carbocycles. The van der Waals surface area contributed by atoms with E-state index < -0.39 is 6.04 Å². The first-order valence-corrected chi connectivity index (χ1v) is 6.57. The zero-order valence-electron chi connectivity index (χ0n) is 12.5. The third-order valence-corrected chi connectivity index (χ3v) is 3.01. The first-order valence-electron chi connectivity index (χ1n) is 6.57. The summed E-state index contributed by atoms with van der Waals surface area (Å²) in [5, 5.41) is 2.73. The van der Waals surface area contributed by atoms with Gasteiger partial charge in [0.2, 0.25) is 11.8 Å². The fraction of sp³-hybridized carbons (Fsp3) is 0.467. The Hall–Kier alpha value is -1.88. The minimum atomic E-state index is -0.628. The van der Waals surface area contributed by atoms with E-state index in [0.29, 0.717) is 5.69 Å². The van der Waals surface area contributed by atoms with Gasteiger partial charge in [-0.15, -0.1) is 0 Å². The maximum atomic E-state index is 12.1. The number of likely N-dealkylation sites (N-methyl/N-ethyl adjacent to an activating group) is 1. The Labute approximate surface area is 120 Å². The Bertz CT molecular complexity index is 466. The van der Waals surface area contributed by atoms with E-state index in [0.717, 1.165) is 0 Å². The maximum absolute atomic E-state index is 12.1. The number of carbonyl (C=O) groups is 2. The molecule has 1 rings (SSSR count). The van der Waals surface area contributed by atoms with Crippen molar-refractivity contribution >= 4 is 17.5 Å². The quantitative estimate of drug-likeness (QED) is 0.874. The molecule has 20 heavy (non-hydrogen) atoms. The molecule has 0 heterocycles. The lowest BCUT2D eigenvalue weighted by Crippen LogP contribution is -2.50. The molecule has 5 heteroatoms. The molecule has 5 nitrogen and oxygen atoms in total. The molecule has 2 amide bonds. The second-order valence-corrected chi connectivity index (χ2v) is 5.95. The molecule has 0 aliphatic carbocycles. The van der Waals surface area contributed by atoms with Crippen LogP contribution in [0.15, 0.2) is 30.3 Å². The highest BCUT2D eigenvalue weighted by Gasteiger charge is 2.30. The number of hydrogen-bond acceptors (Lipinski definition) is 3. The number of para-hydroxylation sites is 1. The summed E-state index contributed by atoms with van der Waals surface area (Å²) in [4.78, 5) is 25.3. The van der Waals surface area contributed by atoms with E-state index in [2.05, 4.69) is 5.32 Å². The van der Waals surface area contributed by atoms with Gasteiger partial charge in [-0.3, -0.25) is 9.59 Å². The van der Waals surface area contributed by atoms with E-state index in [-0.39, 0.29) is 23.8 Å². The van der Waals surface area contributed by atoms with Crippen LogP contribution in [0.4, 0.5) is 5.69 Å². The van der Waals surface area contributed by atoms with Gasteiger partial charge in [-0.05, 0) is 17.5 Å². The molecule has 0 aromatic heterocycles. The Kier molecular flexibility index (Phi) is 5.27. The van der Waals surface area contributed by atoms with Crippen LogP contribution in [0.3, 0.4) is 0 Å². The summed E-state index contributed by atoms with van der Waals surface area (Å²) >= 11 is 0. The van der Waals surface area contributed by atoms with Crippen molar-refractivity contribution < 1.29 is 9.59 Å². The van der Waals surface area contributed by atoms with Crippen molar-refractivity contribution in [1.29, 1.82) is 0 Å². The molecule has 0 unspecified atom stereocenters. The summed E-state index contributed by atoms with van der Waals surface area (Å²) < 4.78 is 0. The van der Waals surface area contributed by atoms with E-state index >= 15 is 0 Å². The van der Waals surface area contributed by atoms with Gasteiger partial charge in [0.15, 0.2) is 0 Å². The average molecular weight is 277 g/mol. The molecule has 1 atom stereocenters. The monoisotopic (exact) mass is 277 g/mol. The van der Waals surface area contributed by atoms with Crippen molar-refractivity contribution in [2.24, 2.45) is 11.1 Å². The first-order chi connectivity index (χ1) is 9.21. The molecule has 0 radical (unpaired) electrons. The summed E-state index contributed by atoms with van der Waals surface area (Å²) in [6.45, 7) is 5.67. The zero-order valence-corrected chi connectivity index (χ0v) is 12.5. The molecule has 0 saturated carbocycles. The number of hydrogen-bond donors (Lipinski definition) is 2. The Morgan fingerprint density at radius 2 is 1.80 bits per heavy atom. The zero-order chi connectivity index (χ0) is 15.3. The number of benzene rings is 1. The first kappa shape index (κ1) is 16.2. The third kappa shape index (κ3) is 4.66. The molecule has 0 spiro atoms. The smallest absolute Gasteiger partial charge is 0.243 e. The van der Waals surface area contributed by atoms with Crippen LogP contribution >= 0.6 is 0 Å². The summed E-state index contributed by atoms with van der Waals surface area (Å²) in [6.07, 6.45) is 0. The second kappa shape index (κ2) is 6.52. The van der Waals surface area contributed by atoms with Gasteiger partial charge < -0.3 is 16.0 Å². The lowest BCUT2D eigenvalue weighted by atomic mass is 9.86. The van der Waals surface area contributed by atoms with Crippen molar-refractivity contribution in [3.05, 3.63) is 30.3 Å². The van der Waals surface area contributed by atoms with Gasteiger partial charge in [-0.2, -0.15) is 0 Å². The molecule has 110 valence electrons. The topological polar surface area (TPSA) is 75.4 Å². The minimum Gasteiger partial charge on any atom is -0.335 e. The number of rotatable bonds is 4. The molecule has 0 aliphatic heterocycles. The van der Waals surface area contributed by atoms with Crippen molar-refractivity contribution in [1.82, 2.24) is 4.90 Å². The van der Waals surface area contributed by atoms with Crippen molar-refractivity contribution in [3.8, 4) is 0 Å². The third-order valence-electron chi connectivity index (χ3n) is 3.01. The summed E-state index contributed by atoms with van der Waals surface area (Å²) in [6, 6.07) is 8.49. The highest BCUT2D eigenvalue weighted by atomic mass is 16.2. The number of anilines is 1. The summed E-state index contributed by atoms with van der Waals surface area (Å²) in [7, 11) is 1.58. The van der Waals surface area contributed by atoms with E-state index in [4.69, 9.17) is 5.73 Å². The lowest BCUT2D eigenvalue weighted by Gasteiger charge is -2.29. The largest absolute Gasteiger partial charge is 0.335 e. The molecular weight excluding hydrogens is 254 g/mol. The SMILES string of the molecule is CN(CC(=O)Nc1ccccc1)C(=O)[C@H](N)C(C)(C)C. The average Bonchev–Trinajstić information content (AvgIpc) is 2.36. The van der Waals surface area contributed by atoms with Gasteiger partial charge in [0.05, 0.1) is 12.6 Å². The van der Waals surface area contributed by atoms with Gasteiger partial charge >= 0.3 is 0 Å². The highest BCUT2D eigenvalue weighted by molar-refractivity contribution is 5.95.